The van der Waals surface area contributed by atoms with Crippen molar-refractivity contribution in [2.75, 3.05) is 5.75 Å². The Morgan fingerprint density at radius 2 is 2.29 bits per heavy atom. The molecule has 42 valence electrons. The van der Waals surface area contributed by atoms with Gasteiger partial charge in [0.1, 0.15) is 0 Å². The lowest BCUT2D eigenvalue weighted by atomic mass is 10.4. The van der Waals surface area contributed by atoms with Crippen LogP contribution in [-0.4, -0.2) is 28.0 Å². The molecule has 0 unspecified atom stereocenters. The average molecular weight is 122 g/mol. The summed E-state index contributed by atoms with van der Waals surface area (Å²) in [6.07, 6.45) is -1.32. The Morgan fingerprint density at radius 1 is 1.86 bits per heavy atom. The van der Waals surface area contributed by atoms with Gasteiger partial charge in [-0.05, 0) is 0 Å². The third-order valence-electron chi connectivity index (χ3n) is 0.458. The fourth-order valence-corrected chi connectivity index (χ4v) is 0.234. The molecular formula is C3H6O3S. The number of carbonyl (C=O) groups is 1. The average Bonchev–Trinajstić information content (AvgIpc) is 1.65. The zero-order valence-electron chi connectivity index (χ0n) is 3.53. The minimum atomic E-state index is -1.32. The van der Waals surface area contributed by atoms with Crippen molar-refractivity contribution in [3.8, 4) is 0 Å². The Balaban J connectivity index is 3.34. The van der Waals surface area contributed by atoms with E-state index in [4.69, 9.17) is 10.2 Å². The molecule has 0 rings (SSSR count). The minimum absolute atomic E-state index is 0.0324. The second-order valence-corrected chi connectivity index (χ2v) is 1.40. The highest BCUT2D eigenvalue weighted by Gasteiger charge is 2.08. The van der Waals surface area contributed by atoms with Gasteiger partial charge in [-0.25, -0.2) is 4.79 Å². The Kier molecular flexibility index (Phi) is 2.78. The molecule has 0 aliphatic rings. The molecule has 0 saturated carbocycles. The molecule has 0 radical (unpaired) electrons. The summed E-state index contributed by atoms with van der Waals surface area (Å²) in [5.41, 5.74) is 0. The highest BCUT2D eigenvalue weighted by molar-refractivity contribution is 7.80. The van der Waals surface area contributed by atoms with E-state index in [-0.39, 0.29) is 5.75 Å². The van der Waals surface area contributed by atoms with Crippen molar-refractivity contribution >= 4 is 18.6 Å². The first-order valence-electron chi connectivity index (χ1n) is 1.70. The Labute approximate surface area is 46.4 Å². The Hall–Kier alpha value is -0.220. The molecule has 3 nitrogen and oxygen atoms in total. The molecule has 7 heavy (non-hydrogen) atoms. The maximum absolute atomic E-state index is 9.63. The van der Waals surface area contributed by atoms with Crippen molar-refractivity contribution in [2.24, 2.45) is 0 Å². The standard InChI is InChI=1S/C3H6O3S/c4-2(1-7)3(5)6/h2,4,7H,1H2,(H,5,6)/t2-/m1/s1. The summed E-state index contributed by atoms with van der Waals surface area (Å²) in [7, 11) is 0. The quantitative estimate of drug-likeness (QED) is 0.427. The lowest BCUT2D eigenvalue weighted by Gasteiger charge is -1.95. The van der Waals surface area contributed by atoms with Crippen molar-refractivity contribution in [3.63, 3.8) is 0 Å². The van der Waals surface area contributed by atoms with E-state index in [1.807, 2.05) is 0 Å². The van der Waals surface area contributed by atoms with Crippen LogP contribution in [0.1, 0.15) is 0 Å². The molecule has 2 N–H and O–H groups in total. The topological polar surface area (TPSA) is 57.5 Å². The second-order valence-electron chi connectivity index (χ2n) is 1.04. The molecule has 0 aliphatic carbocycles. The van der Waals surface area contributed by atoms with Gasteiger partial charge in [-0.3, -0.25) is 0 Å². The van der Waals surface area contributed by atoms with E-state index in [0.717, 1.165) is 0 Å². The van der Waals surface area contributed by atoms with Crippen molar-refractivity contribution in [2.45, 2.75) is 6.10 Å². The first kappa shape index (κ1) is 6.78. The van der Waals surface area contributed by atoms with E-state index in [0.29, 0.717) is 0 Å². The highest BCUT2D eigenvalue weighted by Crippen LogP contribution is 1.83. The fraction of sp³-hybridized carbons (Fsp3) is 0.667. The number of rotatable bonds is 2. The Morgan fingerprint density at radius 3 is 2.29 bits per heavy atom. The van der Waals surface area contributed by atoms with Crippen LogP contribution < -0.4 is 0 Å². The molecule has 0 bridgehead atoms. The molecule has 0 aromatic rings. The second kappa shape index (κ2) is 2.87. The van der Waals surface area contributed by atoms with Crippen LogP contribution in [0.5, 0.6) is 0 Å². The number of hydrogen-bond donors (Lipinski definition) is 3. The van der Waals surface area contributed by atoms with Crippen LogP contribution in [0.4, 0.5) is 0 Å². The van der Waals surface area contributed by atoms with Gasteiger partial charge in [0.05, 0.1) is 0 Å². The van der Waals surface area contributed by atoms with E-state index in [2.05, 4.69) is 12.6 Å². The highest BCUT2D eigenvalue weighted by atomic mass is 32.1. The molecule has 0 spiro atoms. The van der Waals surface area contributed by atoms with Crippen LogP contribution in [0.3, 0.4) is 0 Å². The van der Waals surface area contributed by atoms with Crippen molar-refractivity contribution in [1.82, 2.24) is 0 Å². The van der Waals surface area contributed by atoms with Gasteiger partial charge in [-0.1, -0.05) is 0 Å². The molecule has 0 aromatic carbocycles. The van der Waals surface area contributed by atoms with E-state index in [9.17, 15) is 4.79 Å². The lowest BCUT2D eigenvalue weighted by molar-refractivity contribution is -0.145. The molecule has 0 fully saturated rings. The van der Waals surface area contributed by atoms with Gasteiger partial charge in [0.25, 0.3) is 0 Å². The number of carboxylic acid groups (broad SMARTS) is 1. The molecule has 1 atom stereocenters. The summed E-state index contributed by atoms with van der Waals surface area (Å²) in [6.45, 7) is 0. The first-order chi connectivity index (χ1) is 3.18. The number of thiol groups is 1. The number of hydrogen-bond acceptors (Lipinski definition) is 3. The summed E-state index contributed by atoms with van der Waals surface area (Å²) in [5.74, 6) is -1.26. The van der Waals surface area contributed by atoms with Gasteiger partial charge in [0.15, 0.2) is 6.10 Å². The van der Waals surface area contributed by atoms with Gasteiger partial charge in [0.2, 0.25) is 0 Å². The zero-order valence-corrected chi connectivity index (χ0v) is 4.43. The summed E-state index contributed by atoms with van der Waals surface area (Å²) < 4.78 is 0. The normalized spacial score (nSPS) is 13.4. The predicted octanol–water partition coefficient (Wildman–Crippen LogP) is -0.638. The van der Waals surface area contributed by atoms with Gasteiger partial charge >= 0.3 is 5.97 Å². The van der Waals surface area contributed by atoms with Gasteiger partial charge in [-0.2, -0.15) is 12.6 Å². The van der Waals surface area contributed by atoms with Crippen molar-refractivity contribution in [1.29, 1.82) is 0 Å². The maximum atomic E-state index is 9.63. The van der Waals surface area contributed by atoms with Gasteiger partial charge in [-0.15, -0.1) is 0 Å². The monoisotopic (exact) mass is 122 g/mol. The predicted molar refractivity (Wildman–Crippen MR) is 27.5 cm³/mol. The molecule has 4 heteroatoms. The van der Waals surface area contributed by atoms with Crippen LogP contribution in [-0.2, 0) is 4.79 Å². The number of aliphatic hydroxyl groups excluding tert-OH is 1. The fourth-order valence-electron chi connectivity index (χ4n) is 0.0781. The molecule has 0 saturated heterocycles. The van der Waals surface area contributed by atoms with Gasteiger partial charge < -0.3 is 10.2 Å². The molecular weight excluding hydrogens is 116 g/mol. The summed E-state index contributed by atoms with van der Waals surface area (Å²) in [4.78, 5) is 9.63. The third-order valence-corrected chi connectivity index (χ3v) is 0.804. The Bertz CT molecular complexity index is 72.6. The molecule has 0 heterocycles. The van der Waals surface area contributed by atoms with Crippen LogP contribution in [0.25, 0.3) is 0 Å². The summed E-state index contributed by atoms with van der Waals surface area (Å²) in [6, 6.07) is 0. The third kappa shape index (κ3) is 2.47. The molecule has 0 amide bonds. The van der Waals surface area contributed by atoms with Crippen LogP contribution in [0.15, 0.2) is 0 Å². The van der Waals surface area contributed by atoms with E-state index >= 15 is 0 Å². The smallest absolute Gasteiger partial charge is 0.333 e. The van der Waals surface area contributed by atoms with Crippen LogP contribution in [0.2, 0.25) is 0 Å². The van der Waals surface area contributed by atoms with Crippen LogP contribution in [0, 0.1) is 0 Å². The van der Waals surface area contributed by atoms with Crippen LogP contribution >= 0.6 is 12.6 Å². The minimum Gasteiger partial charge on any atom is -0.479 e. The lowest BCUT2D eigenvalue weighted by Crippen LogP contribution is -2.20. The molecule has 0 aromatic heterocycles. The van der Waals surface area contributed by atoms with Crippen molar-refractivity contribution in [3.05, 3.63) is 0 Å². The van der Waals surface area contributed by atoms with Gasteiger partial charge in [0, 0.05) is 5.75 Å². The number of aliphatic carboxylic acids is 1. The van der Waals surface area contributed by atoms with E-state index in [1.165, 1.54) is 0 Å². The van der Waals surface area contributed by atoms with Crippen molar-refractivity contribution < 1.29 is 15.0 Å². The first-order valence-corrected chi connectivity index (χ1v) is 2.33. The summed E-state index contributed by atoms with van der Waals surface area (Å²) >= 11 is 3.52. The van der Waals surface area contributed by atoms with E-state index in [1.54, 1.807) is 0 Å². The van der Waals surface area contributed by atoms with E-state index < -0.39 is 12.1 Å². The largest absolute Gasteiger partial charge is 0.479 e. The molecule has 0 aliphatic heterocycles. The number of carboxylic acids is 1. The summed E-state index contributed by atoms with van der Waals surface area (Å²) in [5, 5.41) is 16.1. The maximum Gasteiger partial charge on any atom is 0.333 e. The number of aliphatic hydroxyl groups is 1. The zero-order chi connectivity index (χ0) is 5.86. The SMILES string of the molecule is O=C(O)[C@H](O)CS.